The van der Waals surface area contributed by atoms with Crippen LogP contribution >= 0.6 is 11.3 Å². The van der Waals surface area contributed by atoms with E-state index in [0.717, 1.165) is 22.1 Å². The van der Waals surface area contributed by atoms with E-state index < -0.39 is 0 Å². The van der Waals surface area contributed by atoms with Crippen molar-refractivity contribution in [2.24, 2.45) is 7.05 Å². The molecule has 0 spiro atoms. The largest absolute Gasteiger partial charge is 0.339 e. The molecule has 2 N–H and O–H groups in total. The molecular weight excluding hydrogens is 324 g/mol. The maximum Gasteiger partial charge on any atom is 0.278 e. The Labute approximate surface area is 143 Å². The number of carbonyl (C=O) groups excluding carboxylic acids is 1. The monoisotopic (exact) mass is 342 g/mol. The van der Waals surface area contributed by atoms with E-state index in [4.69, 9.17) is 0 Å². The molecule has 3 aromatic rings. The van der Waals surface area contributed by atoms with Crippen LogP contribution in [0.2, 0.25) is 0 Å². The van der Waals surface area contributed by atoms with Gasteiger partial charge in [0.2, 0.25) is 0 Å². The SMILES string of the molecule is Cc1ccc(Nc2cc(C)nn2C)c(C(=O)Nc2ncc(C)s2)n1. The minimum Gasteiger partial charge on any atom is -0.339 e. The fourth-order valence-corrected chi connectivity index (χ4v) is 2.92. The molecule has 0 fully saturated rings. The zero-order chi connectivity index (χ0) is 17.3. The quantitative estimate of drug-likeness (QED) is 0.760. The van der Waals surface area contributed by atoms with Gasteiger partial charge in [-0.1, -0.05) is 0 Å². The van der Waals surface area contributed by atoms with Crippen molar-refractivity contribution in [3.63, 3.8) is 0 Å². The first-order valence-corrected chi connectivity index (χ1v) is 8.23. The van der Waals surface area contributed by atoms with Crippen molar-refractivity contribution in [2.45, 2.75) is 20.8 Å². The van der Waals surface area contributed by atoms with E-state index in [1.54, 1.807) is 10.9 Å². The molecule has 124 valence electrons. The Bertz CT molecular complexity index is 898. The highest BCUT2D eigenvalue weighted by atomic mass is 32.1. The van der Waals surface area contributed by atoms with Gasteiger partial charge >= 0.3 is 0 Å². The third-order valence-corrected chi connectivity index (χ3v) is 4.18. The number of nitrogens with zero attached hydrogens (tertiary/aromatic N) is 4. The van der Waals surface area contributed by atoms with E-state index in [-0.39, 0.29) is 5.91 Å². The van der Waals surface area contributed by atoms with Crippen molar-refractivity contribution >= 4 is 33.9 Å². The lowest BCUT2D eigenvalue weighted by Crippen LogP contribution is -2.16. The van der Waals surface area contributed by atoms with Crippen LogP contribution in [-0.2, 0) is 7.05 Å². The van der Waals surface area contributed by atoms with Gasteiger partial charge in [-0.15, -0.1) is 11.3 Å². The van der Waals surface area contributed by atoms with Crippen LogP contribution in [0.1, 0.15) is 26.8 Å². The number of rotatable bonds is 4. The minimum absolute atomic E-state index is 0.297. The Balaban J connectivity index is 1.90. The fourth-order valence-electron chi connectivity index (χ4n) is 2.27. The van der Waals surface area contributed by atoms with Gasteiger partial charge in [-0.2, -0.15) is 5.10 Å². The van der Waals surface area contributed by atoms with Gasteiger partial charge < -0.3 is 5.32 Å². The van der Waals surface area contributed by atoms with Crippen LogP contribution in [0.15, 0.2) is 24.4 Å². The number of nitrogens with one attached hydrogen (secondary N) is 2. The second-order valence-electron chi connectivity index (χ2n) is 5.50. The van der Waals surface area contributed by atoms with E-state index in [2.05, 4.69) is 25.7 Å². The lowest BCUT2D eigenvalue weighted by atomic mass is 10.2. The first kappa shape index (κ1) is 16.1. The van der Waals surface area contributed by atoms with Crippen molar-refractivity contribution in [1.29, 1.82) is 0 Å². The van der Waals surface area contributed by atoms with Crippen molar-refractivity contribution in [3.05, 3.63) is 46.4 Å². The zero-order valence-corrected chi connectivity index (χ0v) is 14.7. The summed E-state index contributed by atoms with van der Waals surface area (Å²) in [5.74, 6) is 0.492. The average molecular weight is 342 g/mol. The number of amides is 1. The second kappa shape index (κ2) is 6.40. The Morgan fingerprint density at radius 1 is 1.21 bits per heavy atom. The molecule has 0 aliphatic heterocycles. The van der Waals surface area contributed by atoms with Crippen molar-refractivity contribution in [2.75, 3.05) is 10.6 Å². The van der Waals surface area contributed by atoms with Crippen LogP contribution in [-0.4, -0.2) is 25.7 Å². The summed E-state index contributed by atoms with van der Waals surface area (Å²) in [6.07, 6.45) is 1.72. The molecule has 0 atom stereocenters. The molecule has 1 amide bonds. The number of pyridine rings is 1. The summed E-state index contributed by atoms with van der Waals surface area (Å²) in [5, 5.41) is 10.9. The van der Waals surface area contributed by atoms with E-state index in [1.165, 1.54) is 11.3 Å². The summed E-state index contributed by atoms with van der Waals surface area (Å²) in [6, 6.07) is 5.61. The van der Waals surface area contributed by atoms with Crippen LogP contribution in [0.3, 0.4) is 0 Å². The summed E-state index contributed by atoms with van der Waals surface area (Å²) >= 11 is 1.43. The maximum absolute atomic E-state index is 12.6. The van der Waals surface area contributed by atoms with E-state index in [1.807, 2.05) is 46.0 Å². The van der Waals surface area contributed by atoms with E-state index in [0.29, 0.717) is 16.5 Å². The molecule has 0 saturated heterocycles. The molecule has 3 aromatic heterocycles. The minimum atomic E-state index is -0.297. The van der Waals surface area contributed by atoms with Gasteiger partial charge in [-0.3, -0.25) is 14.8 Å². The third-order valence-electron chi connectivity index (χ3n) is 3.36. The summed E-state index contributed by atoms with van der Waals surface area (Å²) in [4.78, 5) is 22.2. The fraction of sp³-hybridized carbons (Fsp3) is 0.250. The number of carbonyl (C=O) groups is 1. The smallest absolute Gasteiger partial charge is 0.278 e. The van der Waals surface area contributed by atoms with Gasteiger partial charge in [0.15, 0.2) is 10.8 Å². The molecule has 0 aromatic carbocycles. The number of hydrogen-bond donors (Lipinski definition) is 2. The molecular formula is C16H18N6OS. The molecule has 3 rings (SSSR count). The van der Waals surface area contributed by atoms with Gasteiger partial charge in [0, 0.05) is 29.9 Å². The number of anilines is 3. The summed E-state index contributed by atoms with van der Waals surface area (Å²) in [5.41, 5.74) is 2.60. The first-order valence-electron chi connectivity index (χ1n) is 7.41. The third kappa shape index (κ3) is 3.43. The average Bonchev–Trinajstić information content (AvgIpc) is 3.06. The lowest BCUT2D eigenvalue weighted by Gasteiger charge is -2.11. The summed E-state index contributed by atoms with van der Waals surface area (Å²) in [7, 11) is 1.84. The molecule has 0 unspecified atom stereocenters. The van der Waals surface area contributed by atoms with Crippen LogP contribution in [0.5, 0.6) is 0 Å². The molecule has 7 nitrogen and oxygen atoms in total. The number of aromatic nitrogens is 4. The highest BCUT2D eigenvalue weighted by molar-refractivity contribution is 7.15. The lowest BCUT2D eigenvalue weighted by molar-refractivity contribution is 0.102. The molecule has 0 bridgehead atoms. The second-order valence-corrected chi connectivity index (χ2v) is 6.73. The summed E-state index contributed by atoms with van der Waals surface area (Å²) < 4.78 is 1.72. The van der Waals surface area contributed by atoms with Gasteiger partial charge in [-0.05, 0) is 32.9 Å². The Kier molecular flexibility index (Phi) is 4.30. The van der Waals surface area contributed by atoms with Gasteiger partial charge in [0.25, 0.3) is 5.91 Å². The van der Waals surface area contributed by atoms with Gasteiger partial charge in [-0.25, -0.2) is 9.97 Å². The van der Waals surface area contributed by atoms with Gasteiger partial charge in [0.05, 0.1) is 11.4 Å². The number of hydrogen-bond acceptors (Lipinski definition) is 6. The molecule has 0 saturated carbocycles. The predicted octanol–water partition coefficient (Wildman–Crippen LogP) is 3.19. The maximum atomic E-state index is 12.6. The molecule has 0 aliphatic carbocycles. The number of aryl methyl sites for hydroxylation is 4. The number of thiazole rings is 1. The molecule has 0 aliphatic rings. The zero-order valence-electron chi connectivity index (χ0n) is 13.9. The van der Waals surface area contributed by atoms with Crippen molar-refractivity contribution in [1.82, 2.24) is 19.7 Å². The molecule has 3 heterocycles. The van der Waals surface area contributed by atoms with Crippen LogP contribution in [0.4, 0.5) is 16.6 Å². The van der Waals surface area contributed by atoms with Gasteiger partial charge in [0.1, 0.15) is 5.82 Å². The van der Waals surface area contributed by atoms with Crippen molar-refractivity contribution < 1.29 is 4.79 Å². The molecule has 8 heteroatoms. The standard InChI is InChI=1S/C16H18N6OS/c1-9-5-6-12(19-13-7-10(2)21-22(13)4)14(18-9)15(23)20-16-17-8-11(3)24-16/h5-8,19H,1-4H3,(H,17,20,23). The Morgan fingerprint density at radius 3 is 2.62 bits per heavy atom. The highest BCUT2D eigenvalue weighted by Crippen LogP contribution is 2.23. The Hall–Kier alpha value is -2.74. The van der Waals surface area contributed by atoms with Crippen LogP contribution in [0.25, 0.3) is 0 Å². The predicted molar refractivity (Wildman–Crippen MR) is 95.0 cm³/mol. The summed E-state index contributed by atoms with van der Waals surface area (Å²) in [6.45, 7) is 5.70. The Morgan fingerprint density at radius 2 is 2.00 bits per heavy atom. The highest BCUT2D eigenvalue weighted by Gasteiger charge is 2.16. The van der Waals surface area contributed by atoms with E-state index >= 15 is 0 Å². The molecule has 24 heavy (non-hydrogen) atoms. The normalized spacial score (nSPS) is 10.7. The van der Waals surface area contributed by atoms with Crippen molar-refractivity contribution in [3.8, 4) is 0 Å². The molecule has 0 radical (unpaired) electrons. The van der Waals surface area contributed by atoms with Crippen LogP contribution in [0, 0.1) is 20.8 Å². The van der Waals surface area contributed by atoms with E-state index in [9.17, 15) is 4.79 Å². The van der Waals surface area contributed by atoms with Crippen LogP contribution < -0.4 is 10.6 Å². The first-order chi connectivity index (χ1) is 11.4. The topological polar surface area (TPSA) is 84.7 Å².